The molecule has 0 aliphatic heterocycles. The smallest absolute Gasteiger partial charge is 0.384 e. The average molecular weight is 323 g/mol. The number of nitrogens with zero attached hydrogens (tertiary/aromatic N) is 1. The zero-order valence-corrected chi connectivity index (χ0v) is 12.9. The zero-order valence-electron chi connectivity index (χ0n) is 12.9. The summed E-state index contributed by atoms with van der Waals surface area (Å²) in [6.45, 7) is 1.76. The molecule has 0 heterocycles. The van der Waals surface area contributed by atoms with Gasteiger partial charge in [0, 0.05) is 31.8 Å². The fourth-order valence-electron chi connectivity index (χ4n) is 1.84. The molecule has 0 aliphatic rings. The van der Waals surface area contributed by atoms with E-state index in [9.17, 15) is 20.0 Å². The van der Waals surface area contributed by atoms with Crippen LogP contribution >= 0.6 is 0 Å². The van der Waals surface area contributed by atoms with Crippen molar-refractivity contribution in [3.8, 4) is 11.8 Å². The van der Waals surface area contributed by atoms with Crippen molar-refractivity contribution in [3.63, 3.8) is 0 Å². The highest BCUT2D eigenvalue weighted by molar-refractivity contribution is 5.88. The predicted octanol–water partition coefficient (Wildman–Crippen LogP) is 1.49. The molecule has 0 amide bonds. The maximum Gasteiger partial charge on any atom is 0.384 e. The number of aliphatic hydroxyl groups is 1. The number of hydrogen-bond donors (Lipinski definition) is 1. The third-order valence-corrected chi connectivity index (χ3v) is 2.83. The summed E-state index contributed by atoms with van der Waals surface area (Å²) in [6, 6.07) is 4.07. The predicted molar refractivity (Wildman–Crippen MR) is 79.2 cm³/mol. The summed E-state index contributed by atoms with van der Waals surface area (Å²) in [5, 5.41) is 21.2. The number of rotatable bonds is 6. The van der Waals surface area contributed by atoms with Crippen LogP contribution in [0.1, 0.15) is 30.4 Å². The number of ether oxygens (including phenoxy) is 3. The molecule has 0 fully saturated rings. The number of carbonyl (C=O) groups is 1. The Bertz CT molecular complexity index is 628. The maximum absolute atomic E-state index is 11.2. The van der Waals surface area contributed by atoms with Gasteiger partial charge < -0.3 is 19.3 Å². The van der Waals surface area contributed by atoms with Crippen molar-refractivity contribution >= 4 is 11.7 Å². The molecule has 0 aliphatic carbocycles. The molecule has 23 heavy (non-hydrogen) atoms. The summed E-state index contributed by atoms with van der Waals surface area (Å²) in [7, 11) is 2.79. The SMILES string of the molecule is CCOC(=O)C#CC(O)c1ccc(C(OC)OC)cc1[N+](=O)[O-]. The van der Waals surface area contributed by atoms with Gasteiger partial charge in [0.05, 0.1) is 17.1 Å². The molecule has 0 saturated carbocycles. The van der Waals surface area contributed by atoms with E-state index >= 15 is 0 Å². The van der Waals surface area contributed by atoms with Gasteiger partial charge >= 0.3 is 5.97 Å². The van der Waals surface area contributed by atoms with E-state index in [4.69, 9.17) is 9.47 Å². The normalized spacial score (nSPS) is 11.5. The minimum atomic E-state index is -1.50. The second-order valence-corrected chi connectivity index (χ2v) is 4.27. The van der Waals surface area contributed by atoms with Crippen LogP contribution in [0.4, 0.5) is 5.69 Å². The van der Waals surface area contributed by atoms with E-state index in [-0.39, 0.29) is 17.9 Å². The van der Waals surface area contributed by atoms with Crippen LogP contribution in [-0.2, 0) is 19.0 Å². The topological polar surface area (TPSA) is 108 Å². The van der Waals surface area contributed by atoms with Gasteiger partial charge in [-0.2, -0.15) is 0 Å². The van der Waals surface area contributed by atoms with E-state index in [2.05, 4.69) is 16.6 Å². The van der Waals surface area contributed by atoms with Crippen LogP contribution in [0, 0.1) is 22.0 Å². The minimum absolute atomic E-state index is 0.0403. The summed E-state index contributed by atoms with van der Waals surface area (Å²) < 4.78 is 14.7. The molecular weight excluding hydrogens is 306 g/mol. The Labute approximate surface area is 133 Å². The Morgan fingerprint density at radius 2 is 2.04 bits per heavy atom. The van der Waals surface area contributed by atoms with Crippen molar-refractivity contribution in [3.05, 3.63) is 39.4 Å². The molecule has 124 valence electrons. The van der Waals surface area contributed by atoms with E-state index < -0.39 is 23.3 Å². The molecule has 8 heteroatoms. The summed E-state index contributed by atoms with van der Waals surface area (Å²) >= 11 is 0. The maximum atomic E-state index is 11.2. The largest absolute Gasteiger partial charge is 0.456 e. The van der Waals surface area contributed by atoms with Crippen molar-refractivity contribution in [1.29, 1.82) is 0 Å². The van der Waals surface area contributed by atoms with Crippen LogP contribution in [0.15, 0.2) is 18.2 Å². The van der Waals surface area contributed by atoms with Crippen LogP contribution in [0.2, 0.25) is 0 Å². The lowest BCUT2D eigenvalue weighted by atomic mass is 10.0. The first kappa shape index (κ1) is 18.6. The molecule has 0 radical (unpaired) electrons. The number of aliphatic hydroxyl groups excluding tert-OH is 1. The number of benzene rings is 1. The molecule has 0 bridgehead atoms. The van der Waals surface area contributed by atoms with Crippen molar-refractivity contribution in [1.82, 2.24) is 0 Å². The summed E-state index contributed by atoms with van der Waals surface area (Å²) in [5.41, 5.74) is 0.0183. The van der Waals surface area contributed by atoms with Crippen LogP contribution in [0.25, 0.3) is 0 Å². The Balaban J connectivity index is 3.15. The van der Waals surface area contributed by atoms with Gasteiger partial charge in [0.2, 0.25) is 0 Å². The Hall–Kier alpha value is -2.47. The molecule has 1 aromatic carbocycles. The number of esters is 1. The summed E-state index contributed by atoms with van der Waals surface area (Å²) in [4.78, 5) is 21.7. The molecule has 0 saturated heterocycles. The molecule has 8 nitrogen and oxygen atoms in total. The second kappa shape index (κ2) is 8.85. The van der Waals surface area contributed by atoms with Crippen molar-refractivity contribution < 1.29 is 29.0 Å². The molecule has 0 aromatic heterocycles. The lowest BCUT2D eigenvalue weighted by Gasteiger charge is -2.14. The van der Waals surface area contributed by atoms with Crippen molar-refractivity contribution in [2.45, 2.75) is 19.3 Å². The lowest BCUT2D eigenvalue weighted by Crippen LogP contribution is -2.07. The molecular formula is C15H17NO7. The van der Waals surface area contributed by atoms with Crippen LogP contribution < -0.4 is 0 Å². The van der Waals surface area contributed by atoms with E-state index in [1.54, 1.807) is 6.92 Å². The monoisotopic (exact) mass is 323 g/mol. The van der Waals surface area contributed by atoms with E-state index in [0.717, 1.165) is 0 Å². The van der Waals surface area contributed by atoms with Gasteiger partial charge in [-0.05, 0) is 13.0 Å². The van der Waals surface area contributed by atoms with E-state index in [1.165, 1.54) is 32.4 Å². The number of carbonyl (C=O) groups excluding carboxylic acids is 1. The number of nitro groups is 1. The van der Waals surface area contributed by atoms with E-state index in [0.29, 0.717) is 5.56 Å². The number of nitro benzene ring substituents is 1. The van der Waals surface area contributed by atoms with Gasteiger partial charge in [-0.25, -0.2) is 4.79 Å². The zero-order chi connectivity index (χ0) is 17.4. The summed E-state index contributed by atoms with van der Waals surface area (Å²) in [6.07, 6.45) is -2.28. The fourth-order valence-corrected chi connectivity index (χ4v) is 1.84. The first-order valence-electron chi connectivity index (χ1n) is 6.64. The third kappa shape index (κ3) is 5.03. The Morgan fingerprint density at radius 3 is 2.57 bits per heavy atom. The van der Waals surface area contributed by atoms with Crippen LogP contribution in [-0.4, -0.2) is 36.8 Å². The summed E-state index contributed by atoms with van der Waals surface area (Å²) in [5.74, 6) is 3.48. The Kier molecular flexibility index (Phi) is 7.15. The van der Waals surface area contributed by atoms with Crippen LogP contribution in [0.5, 0.6) is 0 Å². The lowest BCUT2D eigenvalue weighted by molar-refractivity contribution is -0.386. The van der Waals surface area contributed by atoms with Gasteiger partial charge in [0.15, 0.2) is 6.29 Å². The van der Waals surface area contributed by atoms with Crippen molar-refractivity contribution in [2.75, 3.05) is 20.8 Å². The average Bonchev–Trinajstić information content (AvgIpc) is 2.54. The fraction of sp³-hybridized carbons (Fsp3) is 0.400. The molecule has 1 unspecified atom stereocenters. The Morgan fingerprint density at radius 1 is 1.39 bits per heavy atom. The molecule has 0 spiro atoms. The molecule has 1 N–H and O–H groups in total. The third-order valence-electron chi connectivity index (χ3n) is 2.83. The van der Waals surface area contributed by atoms with Gasteiger partial charge in [-0.15, -0.1) is 0 Å². The highest BCUT2D eigenvalue weighted by Crippen LogP contribution is 2.29. The van der Waals surface area contributed by atoms with E-state index in [1.807, 2.05) is 0 Å². The van der Waals surface area contributed by atoms with Crippen LogP contribution in [0.3, 0.4) is 0 Å². The van der Waals surface area contributed by atoms with Gasteiger partial charge in [-0.1, -0.05) is 12.0 Å². The first-order chi connectivity index (χ1) is 10.9. The number of hydrogen-bond acceptors (Lipinski definition) is 7. The molecule has 1 rings (SSSR count). The highest BCUT2D eigenvalue weighted by atomic mass is 16.7. The molecule has 1 aromatic rings. The number of methoxy groups -OCH3 is 2. The first-order valence-corrected chi connectivity index (χ1v) is 6.64. The second-order valence-electron chi connectivity index (χ2n) is 4.27. The van der Waals surface area contributed by atoms with Gasteiger partial charge in [0.1, 0.15) is 6.10 Å². The minimum Gasteiger partial charge on any atom is -0.456 e. The quantitative estimate of drug-likeness (QED) is 0.211. The van der Waals surface area contributed by atoms with Gasteiger partial charge in [-0.3, -0.25) is 10.1 Å². The highest BCUT2D eigenvalue weighted by Gasteiger charge is 2.22. The van der Waals surface area contributed by atoms with Crippen molar-refractivity contribution in [2.24, 2.45) is 0 Å². The van der Waals surface area contributed by atoms with Gasteiger partial charge in [0.25, 0.3) is 5.69 Å². The molecule has 1 atom stereocenters. The standard InChI is InChI=1S/C15H17NO7/c1-4-23-14(18)8-7-13(17)11-6-5-10(15(21-2)22-3)9-12(11)16(19)20/h5-6,9,13,15,17H,4H2,1-3H3.